The van der Waals surface area contributed by atoms with Crippen LogP contribution in [0.25, 0.3) is 0 Å². The highest BCUT2D eigenvalue weighted by atomic mass is 19.3. The summed E-state index contributed by atoms with van der Waals surface area (Å²) in [7, 11) is 1.55. The highest BCUT2D eigenvalue weighted by molar-refractivity contribution is 5.36. The van der Waals surface area contributed by atoms with E-state index in [1.54, 1.807) is 7.11 Å². The van der Waals surface area contributed by atoms with E-state index in [0.717, 1.165) is 6.42 Å². The minimum atomic E-state index is -5.47. The molecule has 1 unspecified atom stereocenters. The van der Waals surface area contributed by atoms with Gasteiger partial charge in [-0.3, -0.25) is 0 Å². The summed E-state index contributed by atoms with van der Waals surface area (Å²) in [6.45, 7) is 2.69. The molecule has 0 fully saturated rings. The SMILES string of the molecule is COCCC(C)CCCOC1=C(C)C(F)(F)C(F)(F)C1(F)F. The smallest absolute Gasteiger partial charge is 0.383 e. The summed E-state index contributed by atoms with van der Waals surface area (Å²) in [5.74, 6) is -16.7. The van der Waals surface area contributed by atoms with Crippen LogP contribution < -0.4 is 0 Å². The van der Waals surface area contributed by atoms with Gasteiger partial charge in [-0.15, -0.1) is 0 Å². The highest BCUT2D eigenvalue weighted by Crippen LogP contribution is 2.59. The minimum Gasteiger partial charge on any atom is -0.491 e. The fraction of sp³-hybridized carbons (Fsp3) is 0.857. The summed E-state index contributed by atoms with van der Waals surface area (Å²) >= 11 is 0. The van der Waals surface area contributed by atoms with Crippen LogP contribution in [0.15, 0.2) is 11.3 Å². The van der Waals surface area contributed by atoms with Crippen LogP contribution in [0.4, 0.5) is 26.3 Å². The van der Waals surface area contributed by atoms with Crippen molar-refractivity contribution in [1.82, 2.24) is 0 Å². The van der Waals surface area contributed by atoms with Crippen molar-refractivity contribution in [3.63, 3.8) is 0 Å². The lowest BCUT2D eigenvalue weighted by Gasteiger charge is -2.25. The van der Waals surface area contributed by atoms with E-state index in [9.17, 15) is 26.3 Å². The highest BCUT2D eigenvalue weighted by Gasteiger charge is 2.80. The third kappa shape index (κ3) is 3.21. The molecule has 1 aliphatic carbocycles. The first-order chi connectivity index (χ1) is 10.00. The summed E-state index contributed by atoms with van der Waals surface area (Å²) < 4.78 is 89.2. The molecule has 0 saturated carbocycles. The van der Waals surface area contributed by atoms with Gasteiger partial charge >= 0.3 is 17.8 Å². The number of allylic oxidation sites excluding steroid dienone is 2. The predicted octanol–water partition coefficient (Wildman–Crippen LogP) is 4.65. The molecule has 0 amide bonds. The van der Waals surface area contributed by atoms with Crippen molar-refractivity contribution in [3.05, 3.63) is 11.3 Å². The average Bonchev–Trinajstić information content (AvgIpc) is 2.50. The molecule has 0 heterocycles. The second-order valence-electron chi connectivity index (χ2n) is 5.55. The summed E-state index contributed by atoms with van der Waals surface area (Å²) in [6.07, 6.45) is 1.65. The molecule has 0 aromatic heterocycles. The molecule has 0 aromatic rings. The number of alkyl halides is 6. The largest absolute Gasteiger partial charge is 0.491 e. The molecule has 1 atom stereocenters. The monoisotopic (exact) mass is 334 g/mol. The standard InChI is InChI=1S/C14H20F6O2/c1-9(6-8-21-3)5-4-7-22-11-10(2)12(15,16)14(19,20)13(11,17)18/h9H,4-8H2,1-3H3. The minimum absolute atomic E-state index is 0.227. The van der Waals surface area contributed by atoms with Gasteiger partial charge in [0.05, 0.1) is 6.61 Å². The summed E-state index contributed by atoms with van der Waals surface area (Å²) in [5, 5.41) is 0. The molecular weight excluding hydrogens is 314 g/mol. The summed E-state index contributed by atoms with van der Waals surface area (Å²) in [6, 6.07) is 0. The van der Waals surface area contributed by atoms with Gasteiger partial charge in [-0.05, 0) is 32.1 Å². The lowest BCUT2D eigenvalue weighted by molar-refractivity contribution is -0.271. The Labute approximate surface area is 125 Å². The fourth-order valence-electron chi connectivity index (χ4n) is 2.22. The first-order valence-corrected chi connectivity index (χ1v) is 6.97. The zero-order chi connectivity index (χ0) is 17.2. The molecule has 0 aromatic carbocycles. The third-order valence-corrected chi connectivity index (χ3v) is 3.79. The molecular formula is C14H20F6O2. The Morgan fingerprint density at radius 2 is 1.55 bits per heavy atom. The molecule has 22 heavy (non-hydrogen) atoms. The molecule has 1 aliphatic rings. The van der Waals surface area contributed by atoms with Gasteiger partial charge in [0.25, 0.3) is 0 Å². The predicted molar refractivity (Wildman–Crippen MR) is 68.4 cm³/mol. The maximum Gasteiger partial charge on any atom is 0.383 e. The van der Waals surface area contributed by atoms with Crippen molar-refractivity contribution < 1.29 is 35.8 Å². The van der Waals surface area contributed by atoms with Gasteiger partial charge in [0.15, 0.2) is 5.76 Å². The molecule has 8 heteroatoms. The van der Waals surface area contributed by atoms with E-state index in [4.69, 9.17) is 4.74 Å². The van der Waals surface area contributed by atoms with Crippen LogP contribution in [0.3, 0.4) is 0 Å². The van der Waals surface area contributed by atoms with E-state index in [0.29, 0.717) is 26.4 Å². The van der Waals surface area contributed by atoms with E-state index in [-0.39, 0.29) is 12.5 Å². The van der Waals surface area contributed by atoms with Crippen molar-refractivity contribution in [1.29, 1.82) is 0 Å². The zero-order valence-electron chi connectivity index (χ0n) is 12.7. The van der Waals surface area contributed by atoms with E-state index in [2.05, 4.69) is 4.74 Å². The molecule has 1 rings (SSSR count). The van der Waals surface area contributed by atoms with Crippen molar-refractivity contribution in [2.24, 2.45) is 5.92 Å². The third-order valence-electron chi connectivity index (χ3n) is 3.79. The quantitative estimate of drug-likeness (QED) is 0.475. The van der Waals surface area contributed by atoms with E-state index in [1.807, 2.05) is 6.92 Å². The molecule has 0 N–H and O–H groups in total. The second kappa shape index (κ2) is 6.68. The first-order valence-electron chi connectivity index (χ1n) is 6.97. The van der Waals surface area contributed by atoms with Crippen molar-refractivity contribution in [2.45, 2.75) is 50.9 Å². The Bertz CT molecular complexity index is 420. The van der Waals surface area contributed by atoms with Crippen LogP contribution in [0, 0.1) is 5.92 Å². The number of methoxy groups -OCH3 is 1. The molecule has 0 saturated heterocycles. The molecule has 0 radical (unpaired) electrons. The van der Waals surface area contributed by atoms with Gasteiger partial charge in [-0.2, -0.15) is 26.3 Å². The van der Waals surface area contributed by atoms with Crippen LogP contribution >= 0.6 is 0 Å². The fourth-order valence-corrected chi connectivity index (χ4v) is 2.22. The van der Waals surface area contributed by atoms with Crippen LogP contribution in [0.2, 0.25) is 0 Å². The van der Waals surface area contributed by atoms with Crippen molar-refractivity contribution >= 4 is 0 Å². The molecule has 0 spiro atoms. The van der Waals surface area contributed by atoms with Gasteiger partial charge in [0.2, 0.25) is 0 Å². The van der Waals surface area contributed by atoms with Crippen molar-refractivity contribution in [2.75, 3.05) is 20.3 Å². The van der Waals surface area contributed by atoms with Gasteiger partial charge in [0, 0.05) is 19.3 Å². The number of hydrogen-bond acceptors (Lipinski definition) is 2. The molecule has 0 bridgehead atoms. The molecule has 130 valence electrons. The first kappa shape index (κ1) is 19.1. The topological polar surface area (TPSA) is 18.5 Å². The summed E-state index contributed by atoms with van der Waals surface area (Å²) in [4.78, 5) is 0. The van der Waals surface area contributed by atoms with Crippen LogP contribution in [0.1, 0.15) is 33.1 Å². The summed E-state index contributed by atoms with van der Waals surface area (Å²) in [5.41, 5.74) is -1.41. The lowest BCUT2D eigenvalue weighted by atomic mass is 10.0. The molecule has 0 aliphatic heterocycles. The lowest BCUT2D eigenvalue weighted by Crippen LogP contribution is -2.49. The number of ether oxygens (including phenoxy) is 2. The van der Waals surface area contributed by atoms with E-state index < -0.39 is 29.1 Å². The normalized spacial score (nSPS) is 23.7. The van der Waals surface area contributed by atoms with Gasteiger partial charge in [-0.25, -0.2) is 0 Å². The van der Waals surface area contributed by atoms with Gasteiger partial charge < -0.3 is 9.47 Å². The van der Waals surface area contributed by atoms with Crippen molar-refractivity contribution in [3.8, 4) is 0 Å². The zero-order valence-corrected chi connectivity index (χ0v) is 12.7. The molecule has 2 nitrogen and oxygen atoms in total. The maximum absolute atomic E-state index is 13.5. The van der Waals surface area contributed by atoms with Crippen LogP contribution in [-0.4, -0.2) is 38.1 Å². The number of hydrogen-bond donors (Lipinski definition) is 0. The van der Waals surface area contributed by atoms with Gasteiger partial charge in [0.1, 0.15) is 0 Å². The Morgan fingerprint density at radius 1 is 0.955 bits per heavy atom. The van der Waals surface area contributed by atoms with E-state index in [1.165, 1.54) is 0 Å². The van der Waals surface area contributed by atoms with Crippen LogP contribution in [-0.2, 0) is 9.47 Å². The second-order valence-corrected chi connectivity index (χ2v) is 5.55. The van der Waals surface area contributed by atoms with Crippen LogP contribution in [0.5, 0.6) is 0 Å². The van der Waals surface area contributed by atoms with E-state index >= 15 is 0 Å². The Balaban J connectivity index is 2.60. The average molecular weight is 334 g/mol. The Morgan fingerprint density at radius 3 is 2.00 bits per heavy atom. The Hall–Kier alpha value is -0.920. The maximum atomic E-state index is 13.5. The number of rotatable bonds is 8. The van der Waals surface area contributed by atoms with Gasteiger partial charge in [-0.1, -0.05) is 6.92 Å². The number of halogens is 6. The Kier molecular flexibility index (Phi) is 5.81.